The van der Waals surface area contributed by atoms with Crippen LogP contribution in [0, 0.1) is 0 Å². The lowest BCUT2D eigenvalue weighted by atomic mass is 10.1. The van der Waals surface area contributed by atoms with Crippen molar-refractivity contribution in [3.05, 3.63) is 11.1 Å². The van der Waals surface area contributed by atoms with Crippen LogP contribution in [0.4, 0.5) is 0 Å². The highest BCUT2D eigenvalue weighted by Gasteiger charge is 2.30. The summed E-state index contributed by atoms with van der Waals surface area (Å²) >= 11 is 0. The maximum atomic E-state index is 11.0. The summed E-state index contributed by atoms with van der Waals surface area (Å²) in [6, 6.07) is 0. The van der Waals surface area contributed by atoms with Crippen molar-refractivity contribution in [3.63, 3.8) is 0 Å². The Bertz CT molecular complexity index is 252. The van der Waals surface area contributed by atoms with E-state index in [0.29, 0.717) is 12.0 Å². The molecule has 12 heavy (non-hydrogen) atoms. The number of esters is 2. The molecule has 0 aromatic rings. The normalized spacial score (nSPS) is 16.3. The number of cyclic esters (lactones) is 1. The van der Waals surface area contributed by atoms with E-state index in [9.17, 15) is 9.59 Å². The van der Waals surface area contributed by atoms with Crippen LogP contribution in [0.3, 0.4) is 0 Å². The van der Waals surface area contributed by atoms with Crippen molar-refractivity contribution >= 4 is 11.9 Å². The molecule has 0 bridgehead atoms. The number of hydrogen-bond acceptors (Lipinski definition) is 4. The molecule has 0 radical (unpaired) electrons. The molecular weight excluding hydrogens is 160 g/mol. The van der Waals surface area contributed by atoms with Crippen LogP contribution in [0.1, 0.15) is 13.3 Å². The number of hydrogen-bond donors (Lipinski definition) is 0. The first kappa shape index (κ1) is 8.77. The fraction of sp³-hybridized carbons (Fsp3) is 0.500. The lowest BCUT2D eigenvalue weighted by Crippen LogP contribution is -2.12. The Labute approximate surface area is 70.1 Å². The highest BCUT2D eigenvalue weighted by Crippen LogP contribution is 2.19. The second kappa shape index (κ2) is 3.38. The number of carbonyl (C=O) groups excluding carboxylic acids is 2. The van der Waals surface area contributed by atoms with Gasteiger partial charge in [0.2, 0.25) is 0 Å². The molecular formula is C8H10O4. The molecule has 0 unspecified atom stereocenters. The van der Waals surface area contributed by atoms with Gasteiger partial charge in [-0.25, -0.2) is 9.59 Å². The van der Waals surface area contributed by atoms with E-state index in [-0.39, 0.29) is 12.2 Å². The van der Waals surface area contributed by atoms with Crippen LogP contribution >= 0.6 is 0 Å². The monoisotopic (exact) mass is 170 g/mol. The van der Waals surface area contributed by atoms with Crippen LogP contribution in [-0.2, 0) is 19.1 Å². The number of ether oxygens (including phenoxy) is 2. The molecule has 1 rings (SSSR count). The molecule has 1 heterocycles. The molecule has 0 saturated carbocycles. The molecule has 0 fully saturated rings. The van der Waals surface area contributed by atoms with Crippen molar-refractivity contribution < 1.29 is 19.1 Å². The molecule has 1 aliphatic heterocycles. The van der Waals surface area contributed by atoms with Gasteiger partial charge in [0.15, 0.2) is 0 Å². The van der Waals surface area contributed by atoms with Crippen LogP contribution in [0.15, 0.2) is 11.1 Å². The van der Waals surface area contributed by atoms with Crippen molar-refractivity contribution in [2.75, 3.05) is 13.7 Å². The summed E-state index contributed by atoms with van der Waals surface area (Å²) in [7, 11) is 1.24. The van der Waals surface area contributed by atoms with Crippen molar-refractivity contribution in [3.8, 4) is 0 Å². The van der Waals surface area contributed by atoms with Crippen LogP contribution in [-0.4, -0.2) is 25.7 Å². The molecule has 0 saturated heterocycles. The zero-order valence-corrected chi connectivity index (χ0v) is 7.05. The van der Waals surface area contributed by atoms with E-state index in [1.807, 2.05) is 6.92 Å². The van der Waals surface area contributed by atoms with Gasteiger partial charge in [-0.3, -0.25) is 0 Å². The third kappa shape index (κ3) is 1.32. The minimum Gasteiger partial charge on any atom is -0.465 e. The fourth-order valence-corrected chi connectivity index (χ4v) is 1.05. The third-order valence-electron chi connectivity index (χ3n) is 1.75. The summed E-state index contributed by atoms with van der Waals surface area (Å²) in [5.41, 5.74) is 0.784. The molecule has 0 atom stereocenters. The average molecular weight is 170 g/mol. The van der Waals surface area contributed by atoms with Gasteiger partial charge in [0, 0.05) is 0 Å². The summed E-state index contributed by atoms with van der Waals surface area (Å²) in [5.74, 6) is -1.17. The van der Waals surface area contributed by atoms with Gasteiger partial charge in [0.1, 0.15) is 12.2 Å². The summed E-state index contributed by atoms with van der Waals surface area (Å²) in [6.07, 6.45) is 0.635. The van der Waals surface area contributed by atoms with Crippen LogP contribution < -0.4 is 0 Å². The summed E-state index contributed by atoms with van der Waals surface area (Å²) < 4.78 is 9.12. The molecule has 4 heteroatoms. The van der Waals surface area contributed by atoms with Crippen molar-refractivity contribution in [2.45, 2.75) is 13.3 Å². The van der Waals surface area contributed by atoms with Crippen molar-refractivity contribution in [1.29, 1.82) is 0 Å². The first-order valence-corrected chi connectivity index (χ1v) is 3.68. The van der Waals surface area contributed by atoms with Gasteiger partial charge < -0.3 is 9.47 Å². The van der Waals surface area contributed by atoms with Crippen LogP contribution in [0.2, 0.25) is 0 Å². The Morgan fingerprint density at radius 3 is 2.83 bits per heavy atom. The molecule has 0 N–H and O–H groups in total. The highest BCUT2D eigenvalue weighted by atomic mass is 16.6. The van der Waals surface area contributed by atoms with E-state index in [1.54, 1.807) is 0 Å². The fourth-order valence-electron chi connectivity index (χ4n) is 1.05. The van der Waals surface area contributed by atoms with Gasteiger partial charge in [-0.1, -0.05) is 6.92 Å². The Hall–Kier alpha value is -1.32. The van der Waals surface area contributed by atoms with Gasteiger partial charge in [-0.05, 0) is 12.0 Å². The quantitative estimate of drug-likeness (QED) is 0.445. The summed E-state index contributed by atoms with van der Waals surface area (Å²) in [6.45, 7) is 2.08. The second-order valence-electron chi connectivity index (χ2n) is 2.40. The standard InChI is InChI=1S/C8H10O4/c1-3-5-4-12-8(10)6(5)7(9)11-2/h3-4H2,1-2H3. The van der Waals surface area contributed by atoms with Gasteiger partial charge in [-0.15, -0.1) is 0 Å². The lowest BCUT2D eigenvalue weighted by molar-refractivity contribution is -0.143. The lowest BCUT2D eigenvalue weighted by Gasteiger charge is -1.97. The van der Waals surface area contributed by atoms with E-state index in [0.717, 1.165) is 0 Å². The van der Waals surface area contributed by atoms with Gasteiger partial charge in [0.05, 0.1) is 7.11 Å². The Morgan fingerprint density at radius 2 is 2.33 bits per heavy atom. The number of carbonyl (C=O) groups is 2. The molecule has 4 nitrogen and oxygen atoms in total. The van der Waals surface area contributed by atoms with Gasteiger partial charge in [0.25, 0.3) is 0 Å². The molecule has 0 aromatic heterocycles. The zero-order chi connectivity index (χ0) is 9.14. The largest absolute Gasteiger partial charge is 0.465 e. The maximum Gasteiger partial charge on any atom is 0.345 e. The van der Waals surface area contributed by atoms with Crippen LogP contribution in [0.5, 0.6) is 0 Å². The topological polar surface area (TPSA) is 52.6 Å². The molecule has 1 aliphatic rings. The van der Waals surface area contributed by atoms with Gasteiger partial charge in [-0.2, -0.15) is 0 Å². The summed E-state index contributed by atoms with van der Waals surface area (Å²) in [5, 5.41) is 0. The predicted molar refractivity (Wildman–Crippen MR) is 40.3 cm³/mol. The highest BCUT2D eigenvalue weighted by molar-refractivity contribution is 6.16. The van der Waals surface area contributed by atoms with E-state index < -0.39 is 11.9 Å². The molecule has 0 amide bonds. The molecule has 0 aliphatic carbocycles. The zero-order valence-electron chi connectivity index (χ0n) is 7.05. The molecule has 0 spiro atoms. The van der Waals surface area contributed by atoms with E-state index in [1.165, 1.54) is 7.11 Å². The minimum atomic E-state index is -0.602. The smallest absolute Gasteiger partial charge is 0.345 e. The predicted octanol–water partition coefficient (Wildman–Crippen LogP) is 0.423. The molecule has 0 aromatic carbocycles. The van der Waals surface area contributed by atoms with Crippen molar-refractivity contribution in [2.24, 2.45) is 0 Å². The Morgan fingerprint density at radius 1 is 1.67 bits per heavy atom. The Kier molecular flexibility index (Phi) is 2.47. The van der Waals surface area contributed by atoms with E-state index in [2.05, 4.69) is 9.47 Å². The Balaban J connectivity index is 2.95. The first-order chi connectivity index (χ1) is 5.70. The number of methoxy groups -OCH3 is 1. The second-order valence-corrected chi connectivity index (χ2v) is 2.40. The third-order valence-corrected chi connectivity index (χ3v) is 1.75. The van der Waals surface area contributed by atoms with Crippen molar-refractivity contribution in [1.82, 2.24) is 0 Å². The van der Waals surface area contributed by atoms with Crippen LogP contribution in [0.25, 0.3) is 0 Å². The van der Waals surface area contributed by atoms with E-state index in [4.69, 9.17) is 0 Å². The number of rotatable bonds is 2. The maximum absolute atomic E-state index is 11.0. The SMILES string of the molecule is CCC1=C(C(=O)OC)C(=O)OC1. The average Bonchev–Trinajstić information content (AvgIpc) is 2.45. The summed E-state index contributed by atoms with van der Waals surface area (Å²) in [4.78, 5) is 22.0. The minimum absolute atomic E-state index is 0.0694. The van der Waals surface area contributed by atoms with Gasteiger partial charge >= 0.3 is 11.9 Å². The molecule has 66 valence electrons. The first-order valence-electron chi connectivity index (χ1n) is 3.68. The van der Waals surface area contributed by atoms with E-state index >= 15 is 0 Å².